The fourth-order valence-electron chi connectivity index (χ4n) is 1.05. The number of hydrogen-bond acceptors (Lipinski definition) is 4. The molecule has 0 aliphatic carbocycles. The Hall–Kier alpha value is -1.21. The quantitative estimate of drug-likeness (QED) is 0.447. The first-order chi connectivity index (χ1) is 6.99. The number of amides is 1. The molecule has 3 N–H and O–H groups in total. The summed E-state index contributed by atoms with van der Waals surface area (Å²) >= 11 is 3.11. The van der Waals surface area contributed by atoms with Crippen LogP contribution in [0.1, 0.15) is 18.7 Å². The first-order valence-corrected chi connectivity index (χ1v) is 5.02. The highest BCUT2D eigenvalue weighted by molar-refractivity contribution is 9.10. The molecule has 1 rings (SSSR count). The number of carbonyl (C=O) groups excluding carboxylic acids is 1. The van der Waals surface area contributed by atoms with Gasteiger partial charge in [-0.1, -0.05) is 0 Å². The van der Waals surface area contributed by atoms with Crippen molar-refractivity contribution in [2.45, 2.75) is 19.9 Å². The topological polar surface area (TPSA) is 90.0 Å². The normalized spacial score (nSPS) is 12.3. The van der Waals surface area contributed by atoms with Crippen LogP contribution in [0, 0.1) is 6.92 Å². The molecular weight excluding hydrogens is 264 g/mol. The average Bonchev–Trinajstić information content (AvgIpc) is 2.24. The molecule has 1 unspecified atom stereocenters. The van der Waals surface area contributed by atoms with Crippen molar-refractivity contribution in [3.8, 4) is 0 Å². The van der Waals surface area contributed by atoms with Crippen LogP contribution < -0.4 is 16.8 Å². The Bertz CT molecular complexity index is 443. The second-order valence-electron chi connectivity index (χ2n) is 3.04. The zero-order valence-corrected chi connectivity index (χ0v) is 9.91. The van der Waals surface area contributed by atoms with Crippen LogP contribution in [0.2, 0.25) is 0 Å². The molecule has 7 heteroatoms. The first kappa shape index (κ1) is 11.9. The Balaban J connectivity index is 3.22. The summed E-state index contributed by atoms with van der Waals surface area (Å²) in [7, 11) is 0. The largest absolute Gasteiger partial charge is 0.292 e. The number of aryl methyl sites for hydroxylation is 1. The second kappa shape index (κ2) is 4.54. The van der Waals surface area contributed by atoms with Gasteiger partial charge in [0.25, 0.3) is 11.5 Å². The zero-order valence-electron chi connectivity index (χ0n) is 8.32. The summed E-state index contributed by atoms with van der Waals surface area (Å²) in [6.07, 6.45) is 1.32. The summed E-state index contributed by atoms with van der Waals surface area (Å²) in [4.78, 5) is 26.9. The average molecular weight is 275 g/mol. The molecule has 0 saturated heterocycles. The molecule has 0 fully saturated rings. The van der Waals surface area contributed by atoms with E-state index in [1.807, 2.05) is 5.43 Å². The highest BCUT2D eigenvalue weighted by Gasteiger charge is 2.16. The lowest BCUT2D eigenvalue weighted by Crippen LogP contribution is -2.39. The van der Waals surface area contributed by atoms with Crippen molar-refractivity contribution < 1.29 is 4.79 Å². The lowest BCUT2D eigenvalue weighted by atomic mass is 10.3. The van der Waals surface area contributed by atoms with Crippen LogP contribution in [0.4, 0.5) is 0 Å². The SMILES string of the molecule is Cc1ncn(C(C)C(=O)NN)c(=O)c1Br. The summed E-state index contributed by atoms with van der Waals surface area (Å²) in [6, 6.07) is -0.688. The molecule has 1 aromatic rings. The van der Waals surface area contributed by atoms with Gasteiger partial charge >= 0.3 is 0 Å². The zero-order chi connectivity index (χ0) is 11.6. The van der Waals surface area contributed by atoms with Gasteiger partial charge < -0.3 is 0 Å². The van der Waals surface area contributed by atoms with E-state index < -0.39 is 11.9 Å². The van der Waals surface area contributed by atoms with Gasteiger partial charge in [-0.3, -0.25) is 19.6 Å². The second-order valence-corrected chi connectivity index (χ2v) is 3.83. The van der Waals surface area contributed by atoms with Crippen molar-refractivity contribution in [3.63, 3.8) is 0 Å². The first-order valence-electron chi connectivity index (χ1n) is 4.22. The van der Waals surface area contributed by atoms with Gasteiger partial charge in [0.1, 0.15) is 10.5 Å². The molecule has 0 bridgehead atoms. The van der Waals surface area contributed by atoms with Gasteiger partial charge in [-0.15, -0.1) is 0 Å². The van der Waals surface area contributed by atoms with E-state index in [1.54, 1.807) is 13.8 Å². The minimum absolute atomic E-state index is 0.307. The Kier molecular flexibility index (Phi) is 3.59. The van der Waals surface area contributed by atoms with Gasteiger partial charge in [-0.05, 0) is 29.8 Å². The molecule has 1 aromatic heterocycles. The van der Waals surface area contributed by atoms with Crippen molar-refractivity contribution in [1.82, 2.24) is 15.0 Å². The predicted octanol–water partition coefficient (Wildman–Crippen LogP) is -0.135. The number of aromatic nitrogens is 2. The molecule has 6 nitrogen and oxygen atoms in total. The van der Waals surface area contributed by atoms with Crippen LogP contribution in [0.5, 0.6) is 0 Å². The predicted molar refractivity (Wildman–Crippen MR) is 58.0 cm³/mol. The van der Waals surface area contributed by atoms with E-state index in [0.29, 0.717) is 10.2 Å². The third-order valence-electron chi connectivity index (χ3n) is 2.05. The van der Waals surface area contributed by atoms with Crippen molar-refractivity contribution in [2.75, 3.05) is 0 Å². The van der Waals surface area contributed by atoms with E-state index >= 15 is 0 Å². The molecule has 1 amide bonds. The summed E-state index contributed by atoms with van der Waals surface area (Å²) < 4.78 is 1.56. The molecule has 0 spiro atoms. The van der Waals surface area contributed by atoms with Crippen molar-refractivity contribution in [1.29, 1.82) is 0 Å². The third-order valence-corrected chi connectivity index (χ3v) is 2.97. The van der Waals surface area contributed by atoms with E-state index in [-0.39, 0.29) is 5.56 Å². The number of hydrazine groups is 1. The van der Waals surface area contributed by atoms with Gasteiger partial charge in [-0.25, -0.2) is 10.8 Å². The maximum Gasteiger partial charge on any atom is 0.268 e. The van der Waals surface area contributed by atoms with Crippen LogP contribution >= 0.6 is 15.9 Å². The van der Waals surface area contributed by atoms with Crippen LogP contribution in [0.15, 0.2) is 15.6 Å². The molecule has 1 atom stereocenters. The number of nitrogens with one attached hydrogen (secondary N) is 1. The van der Waals surface area contributed by atoms with Gasteiger partial charge in [0, 0.05) is 0 Å². The van der Waals surface area contributed by atoms with Crippen LogP contribution in [0.3, 0.4) is 0 Å². The summed E-state index contributed by atoms with van der Waals surface area (Å²) in [5, 5.41) is 0. The summed E-state index contributed by atoms with van der Waals surface area (Å²) in [6.45, 7) is 3.26. The molecule has 82 valence electrons. The fourth-order valence-corrected chi connectivity index (χ4v) is 1.36. The van der Waals surface area contributed by atoms with Crippen molar-refractivity contribution in [2.24, 2.45) is 5.84 Å². The van der Waals surface area contributed by atoms with Crippen molar-refractivity contribution in [3.05, 3.63) is 26.8 Å². The summed E-state index contributed by atoms with van der Waals surface area (Å²) in [5.41, 5.74) is 2.26. The molecule has 1 heterocycles. The van der Waals surface area contributed by atoms with Gasteiger partial charge in [0.05, 0.1) is 12.0 Å². The fraction of sp³-hybridized carbons (Fsp3) is 0.375. The molecule has 0 aliphatic heterocycles. The smallest absolute Gasteiger partial charge is 0.268 e. The number of halogens is 1. The molecule has 0 saturated carbocycles. The number of nitrogens with zero attached hydrogens (tertiary/aromatic N) is 2. The lowest BCUT2D eigenvalue weighted by Gasteiger charge is -2.13. The van der Waals surface area contributed by atoms with Crippen molar-refractivity contribution >= 4 is 21.8 Å². The van der Waals surface area contributed by atoms with Crippen LogP contribution in [0.25, 0.3) is 0 Å². The van der Waals surface area contributed by atoms with Crippen LogP contribution in [-0.4, -0.2) is 15.5 Å². The van der Waals surface area contributed by atoms with Gasteiger partial charge in [0.2, 0.25) is 0 Å². The maximum absolute atomic E-state index is 11.7. The van der Waals surface area contributed by atoms with E-state index in [0.717, 1.165) is 0 Å². The highest BCUT2D eigenvalue weighted by atomic mass is 79.9. The number of carbonyl (C=O) groups is 1. The Morgan fingerprint density at radius 2 is 2.33 bits per heavy atom. The Labute approximate surface area is 94.6 Å². The summed E-state index contributed by atoms with van der Waals surface area (Å²) in [5.74, 6) is 4.53. The minimum atomic E-state index is -0.688. The molecule has 0 aliphatic rings. The lowest BCUT2D eigenvalue weighted by molar-refractivity contribution is -0.124. The van der Waals surface area contributed by atoms with Gasteiger partial charge in [-0.2, -0.15) is 0 Å². The van der Waals surface area contributed by atoms with E-state index in [4.69, 9.17) is 5.84 Å². The highest BCUT2D eigenvalue weighted by Crippen LogP contribution is 2.09. The Morgan fingerprint density at radius 3 is 2.87 bits per heavy atom. The number of rotatable bonds is 2. The molecule has 0 aromatic carbocycles. The third kappa shape index (κ3) is 2.24. The van der Waals surface area contributed by atoms with E-state index in [1.165, 1.54) is 10.9 Å². The standard InChI is InChI=1S/C8H11BrN4O2/c1-4-6(9)8(15)13(3-11-4)5(2)7(14)12-10/h3,5H,10H2,1-2H3,(H,12,14). The Morgan fingerprint density at radius 1 is 1.73 bits per heavy atom. The number of nitrogens with two attached hydrogens (primary N) is 1. The monoisotopic (exact) mass is 274 g/mol. The molecular formula is C8H11BrN4O2. The van der Waals surface area contributed by atoms with Gasteiger partial charge in [0.15, 0.2) is 0 Å². The molecule has 0 radical (unpaired) electrons. The maximum atomic E-state index is 11.7. The molecule has 15 heavy (non-hydrogen) atoms. The number of hydrogen-bond donors (Lipinski definition) is 2. The van der Waals surface area contributed by atoms with Crippen LogP contribution in [-0.2, 0) is 4.79 Å². The van der Waals surface area contributed by atoms with E-state index in [9.17, 15) is 9.59 Å². The van der Waals surface area contributed by atoms with E-state index in [2.05, 4.69) is 20.9 Å². The minimum Gasteiger partial charge on any atom is -0.292 e.